The van der Waals surface area contributed by atoms with Gasteiger partial charge in [-0.3, -0.25) is 0 Å². The minimum Gasteiger partial charge on any atom is -0.486 e. The van der Waals surface area contributed by atoms with Crippen LogP contribution in [0.1, 0.15) is 45.2 Å². The van der Waals surface area contributed by atoms with Crippen LogP contribution >= 0.6 is 0 Å². The zero-order valence-electron chi connectivity index (χ0n) is 12.5. The minimum atomic E-state index is 0.364. The predicted octanol–water partition coefficient (Wildman–Crippen LogP) is 3.54. The van der Waals surface area contributed by atoms with Crippen LogP contribution in [0.5, 0.6) is 11.5 Å². The molecule has 0 aliphatic carbocycles. The second-order valence-corrected chi connectivity index (χ2v) is 6.34. The lowest BCUT2D eigenvalue weighted by molar-refractivity contribution is 0.171. The van der Waals surface area contributed by atoms with E-state index in [9.17, 15) is 0 Å². The van der Waals surface area contributed by atoms with Crippen LogP contribution in [0, 0.1) is 5.41 Å². The summed E-state index contributed by atoms with van der Waals surface area (Å²) >= 11 is 0. The molecule has 0 saturated heterocycles. The fraction of sp³-hybridized carbons (Fsp3) is 0.625. The normalized spacial score (nSPS) is 16.2. The quantitative estimate of drug-likeness (QED) is 0.901. The molecule has 0 saturated carbocycles. The molecule has 0 amide bonds. The van der Waals surface area contributed by atoms with Gasteiger partial charge in [0.15, 0.2) is 11.5 Å². The van der Waals surface area contributed by atoms with Crippen LogP contribution in [0.3, 0.4) is 0 Å². The highest BCUT2D eigenvalue weighted by Crippen LogP contribution is 2.34. The number of hydrogen-bond donors (Lipinski definition) is 1. The van der Waals surface area contributed by atoms with E-state index in [2.05, 4.69) is 38.2 Å². The number of fused-ring (bicyclic) bond motifs is 1. The van der Waals surface area contributed by atoms with E-state index in [0.717, 1.165) is 17.9 Å². The lowest BCUT2D eigenvalue weighted by Crippen LogP contribution is -2.20. The molecule has 1 aromatic rings. The number of rotatable bonds is 4. The first-order valence-corrected chi connectivity index (χ1v) is 7.06. The molecule has 1 atom stereocenters. The highest BCUT2D eigenvalue weighted by Gasteiger charge is 2.18. The SMILES string of the molecule is CNC(CCC(C)(C)C)c1ccc2c(c1)OCCO2. The van der Waals surface area contributed by atoms with Gasteiger partial charge < -0.3 is 14.8 Å². The van der Waals surface area contributed by atoms with Crippen LogP contribution in [-0.4, -0.2) is 20.3 Å². The Hall–Kier alpha value is -1.22. The molecule has 0 aromatic heterocycles. The summed E-state index contributed by atoms with van der Waals surface area (Å²) in [5.74, 6) is 1.74. The van der Waals surface area contributed by atoms with E-state index >= 15 is 0 Å². The Kier molecular flexibility index (Phi) is 4.35. The van der Waals surface area contributed by atoms with E-state index < -0.39 is 0 Å². The average molecular weight is 263 g/mol. The molecule has 1 aliphatic heterocycles. The first-order chi connectivity index (χ1) is 8.99. The lowest BCUT2D eigenvalue weighted by Gasteiger charge is -2.25. The molecule has 1 N–H and O–H groups in total. The molecule has 0 spiro atoms. The summed E-state index contributed by atoms with van der Waals surface area (Å²) < 4.78 is 11.2. The van der Waals surface area contributed by atoms with Gasteiger partial charge in [-0.1, -0.05) is 26.8 Å². The molecular formula is C16H25NO2. The zero-order valence-corrected chi connectivity index (χ0v) is 12.5. The van der Waals surface area contributed by atoms with E-state index in [1.54, 1.807) is 0 Å². The molecule has 0 radical (unpaired) electrons. The molecule has 0 fully saturated rings. The lowest BCUT2D eigenvalue weighted by atomic mass is 9.87. The summed E-state index contributed by atoms with van der Waals surface area (Å²) in [6, 6.07) is 6.64. The predicted molar refractivity (Wildman–Crippen MR) is 77.9 cm³/mol. The Morgan fingerprint density at radius 2 is 1.84 bits per heavy atom. The van der Waals surface area contributed by atoms with Crippen molar-refractivity contribution < 1.29 is 9.47 Å². The van der Waals surface area contributed by atoms with E-state index in [-0.39, 0.29) is 0 Å². The van der Waals surface area contributed by atoms with Gasteiger partial charge in [0, 0.05) is 6.04 Å². The Morgan fingerprint density at radius 3 is 2.47 bits per heavy atom. The maximum Gasteiger partial charge on any atom is 0.161 e. The van der Waals surface area contributed by atoms with Crippen LogP contribution < -0.4 is 14.8 Å². The maximum absolute atomic E-state index is 5.65. The Balaban J connectivity index is 2.10. The largest absolute Gasteiger partial charge is 0.486 e. The fourth-order valence-corrected chi connectivity index (χ4v) is 2.33. The molecule has 1 aromatic carbocycles. The molecule has 0 bridgehead atoms. The van der Waals surface area contributed by atoms with Crippen molar-refractivity contribution in [3.8, 4) is 11.5 Å². The van der Waals surface area contributed by atoms with Crippen molar-refractivity contribution in [1.29, 1.82) is 0 Å². The number of nitrogens with one attached hydrogen (secondary N) is 1. The van der Waals surface area contributed by atoms with Crippen molar-refractivity contribution in [2.45, 2.75) is 39.7 Å². The summed E-state index contributed by atoms with van der Waals surface area (Å²) in [5, 5.41) is 3.40. The highest BCUT2D eigenvalue weighted by molar-refractivity contribution is 5.44. The first-order valence-electron chi connectivity index (χ1n) is 7.06. The van der Waals surface area contributed by atoms with E-state index in [1.165, 1.54) is 12.0 Å². The highest BCUT2D eigenvalue weighted by atomic mass is 16.6. The summed E-state index contributed by atoms with van der Waals surface area (Å²) in [6.07, 6.45) is 2.31. The van der Waals surface area contributed by atoms with Crippen LogP contribution in [0.15, 0.2) is 18.2 Å². The molecule has 1 aliphatic rings. The van der Waals surface area contributed by atoms with E-state index in [1.807, 2.05) is 13.1 Å². The summed E-state index contributed by atoms with van der Waals surface area (Å²) in [7, 11) is 2.02. The zero-order chi connectivity index (χ0) is 13.9. The second kappa shape index (κ2) is 5.83. The van der Waals surface area contributed by atoms with Crippen LogP contribution in [0.2, 0.25) is 0 Å². The molecule has 3 nitrogen and oxygen atoms in total. The average Bonchev–Trinajstić information content (AvgIpc) is 2.38. The van der Waals surface area contributed by atoms with Gasteiger partial charge in [-0.2, -0.15) is 0 Å². The van der Waals surface area contributed by atoms with Crippen molar-refractivity contribution in [2.75, 3.05) is 20.3 Å². The molecular weight excluding hydrogens is 238 g/mol. The fourth-order valence-electron chi connectivity index (χ4n) is 2.33. The van der Waals surface area contributed by atoms with Gasteiger partial charge >= 0.3 is 0 Å². The van der Waals surface area contributed by atoms with Gasteiger partial charge in [0.1, 0.15) is 13.2 Å². The summed E-state index contributed by atoms with van der Waals surface area (Å²) in [6.45, 7) is 8.13. The molecule has 1 unspecified atom stereocenters. The molecule has 2 rings (SSSR count). The van der Waals surface area contributed by atoms with Crippen molar-refractivity contribution in [3.05, 3.63) is 23.8 Å². The number of hydrogen-bond acceptors (Lipinski definition) is 3. The minimum absolute atomic E-state index is 0.364. The second-order valence-electron chi connectivity index (χ2n) is 6.34. The Morgan fingerprint density at radius 1 is 1.16 bits per heavy atom. The van der Waals surface area contributed by atoms with E-state index in [0.29, 0.717) is 24.7 Å². The first kappa shape index (κ1) is 14.2. The monoisotopic (exact) mass is 263 g/mol. The summed E-state index contributed by atoms with van der Waals surface area (Å²) in [5.41, 5.74) is 1.64. The van der Waals surface area contributed by atoms with E-state index in [4.69, 9.17) is 9.47 Å². The van der Waals surface area contributed by atoms with Crippen LogP contribution in [-0.2, 0) is 0 Å². The van der Waals surface area contributed by atoms with Gasteiger partial charge in [-0.25, -0.2) is 0 Å². The van der Waals surface area contributed by atoms with Crippen LogP contribution in [0.4, 0.5) is 0 Å². The smallest absolute Gasteiger partial charge is 0.161 e. The molecule has 19 heavy (non-hydrogen) atoms. The Bertz CT molecular complexity index is 423. The Labute approximate surface area is 116 Å². The molecule has 106 valence electrons. The van der Waals surface area contributed by atoms with Gasteiger partial charge in [0.25, 0.3) is 0 Å². The topological polar surface area (TPSA) is 30.5 Å². The number of benzene rings is 1. The third-order valence-corrected chi connectivity index (χ3v) is 3.50. The molecule has 3 heteroatoms. The van der Waals surface area contributed by atoms with Crippen molar-refractivity contribution >= 4 is 0 Å². The van der Waals surface area contributed by atoms with Gasteiger partial charge in [-0.15, -0.1) is 0 Å². The third-order valence-electron chi connectivity index (χ3n) is 3.50. The molecule has 1 heterocycles. The van der Waals surface area contributed by atoms with Gasteiger partial charge in [-0.05, 0) is 43.0 Å². The van der Waals surface area contributed by atoms with Crippen LogP contribution in [0.25, 0.3) is 0 Å². The van der Waals surface area contributed by atoms with Gasteiger partial charge in [0.05, 0.1) is 0 Å². The van der Waals surface area contributed by atoms with Crippen molar-refractivity contribution in [3.63, 3.8) is 0 Å². The standard InChI is InChI=1S/C16H25NO2/c1-16(2,3)8-7-13(17-4)12-5-6-14-15(11-12)19-10-9-18-14/h5-6,11,13,17H,7-10H2,1-4H3. The third kappa shape index (κ3) is 3.87. The van der Waals surface area contributed by atoms with Crippen molar-refractivity contribution in [2.24, 2.45) is 5.41 Å². The van der Waals surface area contributed by atoms with Gasteiger partial charge in [0.2, 0.25) is 0 Å². The van der Waals surface area contributed by atoms with Crippen molar-refractivity contribution in [1.82, 2.24) is 5.32 Å². The summed E-state index contributed by atoms with van der Waals surface area (Å²) in [4.78, 5) is 0. The number of ether oxygens (including phenoxy) is 2. The maximum atomic E-state index is 5.65.